The van der Waals surface area contributed by atoms with Gasteiger partial charge in [0.2, 0.25) is 0 Å². The Hall–Kier alpha value is -0.420. The van der Waals surface area contributed by atoms with Crippen molar-refractivity contribution in [3.63, 3.8) is 0 Å². The molecule has 1 amide bonds. The van der Waals surface area contributed by atoms with E-state index in [-0.39, 0.29) is 18.6 Å². The fourth-order valence-electron chi connectivity index (χ4n) is 1.66. The molecule has 1 unspecified atom stereocenters. The number of thioether (sulfide) groups is 1. The van der Waals surface area contributed by atoms with E-state index < -0.39 is 0 Å². The highest BCUT2D eigenvalue weighted by atomic mass is 35.5. The van der Waals surface area contributed by atoms with Crippen molar-refractivity contribution in [1.29, 1.82) is 0 Å². The lowest BCUT2D eigenvalue weighted by atomic mass is 10.1. The van der Waals surface area contributed by atoms with Gasteiger partial charge in [-0.15, -0.1) is 11.8 Å². The number of carbonyl (C=O) groups excluding carboxylic acids is 1. The number of rotatable bonds is 6. The van der Waals surface area contributed by atoms with E-state index in [1.54, 1.807) is 12.1 Å². The first kappa shape index (κ1) is 16.6. The van der Waals surface area contributed by atoms with E-state index in [0.29, 0.717) is 22.0 Å². The summed E-state index contributed by atoms with van der Waals surface area (Å²) in [5, 5.41) is 12.7. The van der Waals surface area contributed by atoms with Crippen molar-refractivity contribution < 1.29 is 9.90 Å². The lowest BCUT2D eigenvalue weighted by molar-refractivity contribution is 0.0929. The summed E-state index contributed by atoms with van der Waals surface area (Å²) < 4.78 is 0. The maximum atomic E-state index is 12.2. The van der Waals surface area contributed by atoms with Crippen LogP contribution in [0.3, 0.4) is 0 Å². The summed E-state index contributed by atoms with van der Waals surface area (Å²) in [6.07, 6.45) is 3.17. The first-order valence-electron chi connectivity index (χ1n) is 5.98. The predicted octanol–water partition coefficient (Wildman–Crippen LogP) is 3.61. The van der Waals surface area contributed by atoms with Crippen molar-refractivity contribution in [3.8, 4) is 0 Å². The molecule has 6 heteroatoms. The average Bonchev–Trinajstić information content (AvgIpc) is 2.38. The molecule has 0 spiro atoms. The molecule has 0 heterocycles. The van der Waals surface area contributed by atoms with Crippen molar-refractivity contribution in [2.75, 3.05) is 12.9 Å². The number of carbonyl (C=O) groups is 1. The van der Waals surface area contributed by atoms with E-state index in [1.165, 1.54) is 11.8 Å². The highest BCUT2D eigenvalue weighted by Gasteiger charge is 2.16. The molecule has 19 heavy (non-hydrogen) atoms. The second-order valence-electron chi connectivity index (χ2n) is 4.06. The molecule has 0 aliphatic rings. The summed E-state index contributed by atoms with van der Waals surface area (Å²) >= 11 is 13.5. The summed E-state index contributed by atoms with van der Waals surface area (Å²) in [4.78, 5) is 13.0. The molecule has 0 bridgehead atoms. The van der Waals surface area contributed by atoms with Crippen molar-refractivity contribution in [2.45, 2.75) is 30.7 Å². The zero-order valence-electron chi connectivity index (χ0n) is 10.9. The molecule has 0 aliphatic heterocycles. The van der Waals surface area contributed by atoms with Gasteiger partial charge in [0.15, 0.2) is 0 Å². The van der Waals surface area contributed by atoms with Crippen LogP contribution in [-0.4, -0.2) is 29.9 Å². The van der Waals surface area contributed by atoms with E-state index in [1.807, 2.05) is 13.2 Å². The minimum atomic E-state index is -0.239. The fourth-order valence-corrected chi connectivity index (χ4v) is 2.85. The number of aliphatic hydroxyl groups excluding tert-OH is 1. The first-order chi connectivity index (χ1) is 9.03. The summed E-state index contributed by atoms with van der Waals surface area (Å²) in [6.45, 7) is 2.00. The number of benzene rings is 1. The number of aliphatic hydroxyl groups is 1. The van der Waals surface area contributed by atoms with Crippen LogP contribution >= 0.6 is 35.0 Å². The van der Waals surface area contributed by atoms with Gasteiger partial charge in [-0.3, -0.25) is 4.79 Å². The Kier molecular flexibility index (Phi) is 7.00. The third-order valence-corrected chi connectivity index (χ3v) is 4.31. The van der Waals surface area contributed by atoms with Gasteiger partial charge < -0.3 is 10.4 Å². The molecule has 1 atom stereocenters. The van der Waals surface area contributed by atoms with Gasteiger partial charge in [-0.1, -0.05) is 30.1 Å². The third kappa shape index (κ3) is 4.56. The third-order valence-electron chi connectivity index (χ3n) is 2.79. The molecule has 1 aromatic carbocycles. The van der Waals surface area contributed by atoms with Crippen LogP contribution in [0.2, 0.25) is 10.0 Å². The highest BCUT2D eigenvalue weighted by Crippen LogP contribution is 2.31. The number of hydrogen-bond acceptors (Lipinski definition) is 3. The largest absolute Gasteiger partial charge is 0.396 e. The van der Waals surface area contributed by atoms with Crippen LogP contribution in [-0.2, 0) is 0 Å². The van der Waals surface area contributed by atoms with E-state index in [4.69, 9.17) is 28.3 Å². The van der Waals surface area contributed by atoms with E-state index in [2.05, 4.69) is 5.32 Å². The molecular weight excluding hydrogens is 305 g/mol. The minimum absolute atomic E-state index is 0.0448. The Bertz CT molecular complexity index is 455. The standard InChI is InChI=1S/C13H17Cl2NO2S/c1-3-8(4-5-17)16-13(18)9-6-12(19-2)11(15)7-10(9)14/h6-8,17H,3-5H2,1-2H3,(H,16,18). The second-order valence-corrected chi connectivity index (χ2v) is 5.72. The van der Waals surface area contributed by atoms with E-state index in [0.717, 1.165) is 11.3 Å². The quantitative estimate of drug-likeness (QED) is 0.787. The van der Waals surface area contributed by atoms with Crippen molar-refractivity contribution in [3.05, 3.63) is 27.7 Å². The predicted molar refractivity (Wildman–Crippen MR) is 81.5 cm³/mol. The minimum Gasteiger partial charge on any atom is -0.396 e. The monoisotopic (exact) mass is 321 g/mol. The van der Waals surface area contributed by atoms with Crippen LogP contribution in [0.4, 0.5) is 0 Å². The summed E-state index contributed by atoms with van der Waals surface area (Å²) in [5.74, 6) is -0.239. The zero-order valence-corrected chi connectivity index (χ0v) is 13.2. The normalized spacial score (nSPS) is 12.3. The van der Waals surface area contributed by atoms with Crippen LogP contribution in [0.25, 0.3) is 0 Å². The van der Waals surface area contributed by atoms with Crippen LogP contribution in [0.5, 0.6) is 0 Å². The Morgan fingerprint density at radius 2 is 2.11 bits per heavy atom. The molecular formula is C13H17Cl2NO2S. The molecule has 2 N–H and O–H groups in total. The second kappa shape index (κ2) is 8.00. The molecule has 0 saturated heterocycles. The topological polar surface area (TPSA) is 49.3 Å². The van der Waals surface area contributed by atoms with Gasteiger partial charge in [-0.2, -0.15) is 0 Å². The molecule has 0 aromatic heterocycles. The fraction of sp³-hybridized carbons (Fsp3) is 0.462. The molecule has 0 aliphatic carbocycles. The maximum absolute atomic E-state index is 12.2. The van der Waals surface area contributed by atoms with Crippen molar-refractivity contribution in [1.82, 2.24) is 5.32 Å². The van der Waals surface area contributed by atoms with Crippen molar-refractivity contribution >= 4 is 40.9 Å². The molecule has 1 aromatic rings. The Labute approximate surface area is 127 Å². The van der Waals surface area contributed by atoms with E-state index in [9.17, 15) is 4.79 Å². The SMILES string of the molecule is CCC(CCO)NC(=O)c1cc(SC)c(Cl)cc1Cl. The molecule has 1 rings (SSSR count). The smallest absolute Gasteiger partial charge is 0.253 e. The molecule has 0 radical (unpaired) electrons. The summed E-state index contributed by atoms with van der Waals surface area (Å²) in [5.41, 5.74) is 0.409. The van der Waals surface area contributed by atoms with Gasteiger partial charge >= 0.3 is 0 Å². The first-order valence-corrected chi connectivity index (χ1v) is 7.96. The van der Waals surface area contributed by atoms with Crippen LogP contribution in [0.15, 0.2) is 17.0 Å². The number of nitrogens with one attached hydrogen (secondary N) is 1. The lowest BCUT2D eigenvalue weighted by Gasteiger charge is -2.16. The Morgan fingerprint density at radius 3 is 2.63 bits per heavy atom. The number of halogens is 2. The van der Waals surface area contributed by atoms with Gasteiger partial charge in [0.25, 0.3) is 5.91 Å². The molecule has 0 saturated carbocycles. The van der Waals surface area contributed by atoms with Crippen LogP contribution < -0.4 is 5.32 Å². The zero-order chi connectivity index (χ0) is 14.4. The number of hydrogen-bond donors (Lipinski definition) is 2. The summed E-state index contributed by atoms with van der Waals surface area (Å²) in [6, 6.07) is 3.22. The van der Waals surface area contributed by atoms with Gasteiger partial charge in [0, 0.05) is 17.5 Å². The van der Waals surface area contributed by atoms with Crippen LogP contribution in [0, 0.1) is 0 Å². The molecule has 0 fully saturated rings. The van der Waals surface area contributed by atoms with Gasteiger partial charge in [0.05, 0.1) is 15.6 Å². The van der Waals surface area contributed by atoms with Gasteiger partial charge in [-0.25, -0.2) is 0 Å². The molecule has 106 valence electrons. The highest BCUT2D eigenvalue weighted by molar-refractivity contribution is 7.98. The Morgan fingerprint density at radius 1 is 1.42 bits per heavy atom. The maximum Gasteiger partial charge on any atom is 0.253 e. The van der Waals surface area contributed by atoms with Gasteiger partial charge in [0.1, 0.15) is 0 Å². The Balaban J connectivity index is 2.93. The van der Waals surface area contributed by atoms with Crippen LogP contribution in [0.1, 0.15) is 30.1 Å². The van der Waals surface area contributed by atoms with E-state index >= 15 is 0 Å². The van der Waals surface area contributed by atoms with Crippen molar-refractivity contribution in [2.24, 2.45) is 0 Å². The van der Waals surface area contributed by atoms with Gasteiger partial charge in [-0.05, 0) is 31.2 Å². The lowest BCUT2D eigenvalue weighted by Crippen LogP contribution is -2.35. The average molecular weight is 322 g/mol. The molecule has 3 nitrogen and oxygen atoms in total. The number of amides is 1. The summed E-state index contributed by atoms with van der Waals surface area (Å²) in [7, 11) is 0.